The van der Waals surface area contributed by atoms with Crippen LogP contribution in [0.2, 0.25) is 0 Å². The lowest BCUT2D eigenvalue weighted by Gasteiger charge is -2.39. The molecular formula is C25H27N3O4. The summed E-state index contributed by atoms with van der Waals surface area (Å²) in [6, 6.07) is 15.8. The number of likely N-dealkylation sites (tertiary alicyclic amines) is 1. The second kappa shape index (κ2) is 9.12. The second-order valence-corrected chi connectivity index (χ2v) is 8.57. The number of rotatable bonds is 6. The van der Waals surface area contributed by atoms with E-state index in [4.69, 9.17) is 14.0 Å². The quantitative estimate of drug-likeness (QED) is 0.589. The highest BCUT2D eigenvalue weighted by Gasteiger charge is 2.32. The van der Waals surface area contributed by atoms with E-state index < -0.39 is 0 Å². The molecule has 0 bridgehead atoms. The highest BCUT2D eigenvalue weighted by atomic mass is 16.5. The summed E-state index contributed by atoms with van der Waals surface area (Å²) in [4.78, 5) is 18.9. The minimum atomic E-state index is 0.0209. The van der Waals surface area contributed by atoms with Crippen LogP contribution >= 0.6 is 0 Å². The molecule has 5 rings (SSSR count). The van der Waals surface area contributed by atoms with E-state index >= 15 is 0 Å². The Hall–Kier alpha value is -3.19. The van der Waals surface area contributed by atoms with Crippen molar-refractivity contribution in [2.45, 2.75) is 38.2 Å². The lowest BCUT2D eigenvalue weighted by molar-refractivity contribution is -0.139. The van der Waals surface area contributed by atoms with Gasteiger partial charge in [-0.2, -0.15) is 4.98 Å². The molecule has 2 saturated heterocycles. The largest absolute Gasteiger partial charge is 0.487 e. The van der Waals surface area contributed by atoms with Gasteiger partial charge in [0.25, 0.3) is 0 Å². The molecule has 0 radical (unpaired) electrons. The van der Waals surface area contributed by atoms with Gasteiger partial charge >= 0.3 is 0 Å². The van der Waals surface area contributed by atoms with Gasteiger partial charge in [0, 0.05) is 24.7 Å². The number of ether oxygens (including phenoxy) is 2. The monoisotopic (exact) mass is 433 g/mol. The molecule has 1 aromatic heterocycles. The Morgan fingerprint density at radius 2 is 1.91 bits per heavy atom. The Bertz CT molecular complexity index is 1070. The number of aromatic nitrogens is 2. The molecule has 1 amide bonds. The van der Waals surface area contributed by atoms with Crippen molar-refractivity contribution in [3.05, 3.63) is 65.5 Å². The molecule has 0 atom stereocenters. The summed E-state index contributed by atoms with van der Waals surface area (Å²) < 4.78 is 16.9. The summed E-state index contributed by atoms with van der Waals surface area (Å²) >= 11 is 0. The number of amides is 1. The zero-order valence-corrected chi connectivity index (χ0v) is 18.2. The average Bonchev–Trinajstić information content (AvgIpc) is 3.27. The fourth-order valence-electron chi connectivity index (χ4n) is 4.16. The topological polar surface area (TPSA) is 77.7 Å². The SMILES string of the molecule is Cc1cccc(CC(=O)N2CC(Oc3ccc(-c4noc(C5CCOCC5)n4)cc3)C2)c1. The Kier molecular flexibility index (Phi) is 5.90. The van der Waals surface area contributed by atoms with Crippen LogP contribution in [-0.2, 0) is 16.0 Å². The first kappa shape index (κ1) is 20.7. The van der Waals surface area contributed by atoms with Crippen LogP contribution in [0.3, 0.4) is 0 Å². The van der Waals surface area contributed by atoms with Crippen molar-refractivity contribution >= 4 is 5.91 Å². The molecule has 0 N–H and O–H groups in total. The van der Waals surface area contributed by atoms with E-state index in [1.54, 1.807) is 0 Å². The summed E-state index contributed by atoms with van der Waals surface area (Å²) in [7, 11) is 0. The van der Waals surface area contributed by atoms with Gasteiger partial charge in [-0.15, -0.1) is 0 Å². The summed E-state index contributed by atoms with van der Waals surface area (Å²) in [5.41, 5.74) is 3.11. The van der Waals surface area contributed by atoms with Crippen LogP contribution in [0, 0.1) is 6.92 Å². The first-order valence-electron chi connectivity index (χ1n) is 11.2. The molecule has 2 aliphatic heterocycles. The van der Waals surface area contributed by atoms with Gasteiger partial charge < -0.3 is 18.9 Å². The molecule has 166 valence electrons. The second-order valence-electron chi connectivity index (χ2n) is 8.57. The fourth-order valence-corrected chi connectivity index (χ4v) is 4.16. The van der Waals surface area contributed by atoms with Crippen molar-refractivity contribution in [3.63, 3.8) is 0 Å². The maximum Gasteiger partial charge on any atom is 0.230 e. The number of nitrogens with zero attached hydrogens (tertiary/aromatic N) is 3. The summed E-state index contributed by atoms with van der Waals surface area (Å²) in [5, 5.41) is 4.14. The van der Waals surface area contributed by atoms with E-state index in [0.717, 1.165) is 42.9 Å². The Morgan fingerprint density at radius 3 is 2.66 bits per heavy atom. The molecule has 0 saturated carbocycles. The molecule has 32 heavy (non-hydrogen) atoms. The Morgan fingerprint density at radius 1 is 1.12 bits per heavy atom. The van der Waals surface area contributed by atoms with Gasteiger partial charge in [-0.3, -0.25) is 4.79 Å². The van der Waals surface area contributed by atoms with Gasteiger partial charge in [0.2, 0.25) is 17.6 Å². The summed E-state index contributed by atoms with van der Waals surface area (Å²) in [5.74, 6) is 2.48. The summed E-state index contributed by atoms with van der Waals surface area (Å²) in [6.45, 7) is 4.75. The van der Waals surface area contributed by atoms with Crippen LogP contribution in [0.5, 0.6) is 5.75 Å². The van der Waals surface area contributed by atoms with Crippen LogP contribution in [0.4, 0.5) is 0 Å². The van der Waals surface area contributed by atoms with Crippen LogP contribution < -0.4 is 4.74 Å². The first-order chi connectivity index (χ1) is 15.6. The zero-order valence-electron chi connectivity index (χ0n) is 18.2. The molecule has 2 aliphatic rings. The van der Waals surface area contributed by atoms with Gasteiger partial charge in [0.15, 0.2) is 0 Å². The maximum absolute atomic E-state index is 12.5. The molecule has 0 unspecified atom stereocenters. The van der Waals surface area contributed by atoms with Gasteiger partial charge in [-0.1, -0.05) is 35.0 Å². The van der Waals surface area contributed by atoms with Gasteiger partial charge in [0.1, 0.15) is 11.9 Å². The van der Waals surface area contributed by atoms with Gasteiger partial charge in [0.05, 0.1) is 19.5 Å². The smallest absolute Gasteiger partial charge is 0.230 e. The number of hydrogen-bond donors (Lipinski definition) is 0. The van der Waals surface area contributed by atoms with Crippen molar-refractivity contribution in [2.75, 3.05) is 26.3 Å². The molecule has 0 spiro atoms. The molecule has 0 aliphatic carbocycles. The Labute approximate surface area is 187 Å². The number of aryl methyl sites for hydroxylation is 1. The number of carbonyl (C=O) groups is 1. The normalized spacial score (nSPS) is 17.2. The van der Waals surface area contributed by atoms with Crippen molar-refractivity contribution in [3.8, 4) is 17.1 Å². The van der Waals surface area contributed by atoms with E-state index in [1.165, 1.54) is 5.56 Å². The van der Waals surface area contributed by atoms with Crippen LogP contribution in [0.1, 0.15) is 35.8 Å². The predicted octanol–water partition coefficient (Wildman–Crippen LogP) is 3.77. The molecule has 3 heterocycles. The van der Waals surface area contributed by atoms with E-state index in [9.17, 15) is 4.79 Å². The minimum absolute atomic E-state index is 0.0209. The molecular weight excluding hydrogens is 406 g/mol. The third kappa shape index (κ3) is 4.67. The highest BCUT2D eigenvalue weighted by Crippen LogP contribution is 2.28. The maximum atomic E-state index is 12.5. The molecule has 2 fully saturated rings. The van der Waals surface area contributed by atoms with Crippen LogP contribution in [0.25, 0.3) is 11.4 Å². The molecule has 2 aromatic carbocycles. The lowest BCUT2D eigenvalue weighted by Crippen LogP contribution is -2.56. The number of hydrogen-bond acceptors (Lipinski definition) is 6. The van der Waals surface area contributed by atoms with E-state index in [2.05, 4.69) is 16.2 Å². The van der Waals surface area contributed by atoms with E-state index in [-0.39, 0.29) is 17.9 Å². The highest BCUT2D eigenvalue weighted by molar-refractivity contribution is 5.79. The minimum Gasteiger partial charge on any atom is -0.487 e. The zero-order chi connectivity index (χ0) is 21.9. The first-order valence-corrected chi connectivity index (χ1v) is 11.2. The molecule has 7 nitrogen and oxygen atoms in total. The van der Waals surface area contributed by atoms with Crippen molar-refractivity contribution in [1.82, 2.24) is 15.0 Å². The standard InChI is InChI=1S/C25H27N3O4/c1-17-3-2-4-18(13-17)14-23(29)28-15-22(16-28)31-21-7-5-19(6-8-21)24-26-25(32-27-24)20-9-11-30-12-10-20/h2-8,13,20,22H,9-12,14-16H2,1H3. The van der Waals surface area contributed by atoms with Crippen LogP contribution in [0.15, 0.2) is 53.1 Å². The van der Waals surface area contributed by atoms with Crippen LogP contribution in [-0.4, -0.2) is 53.4 Å². The van der Waals surface area contributed by atoms with Crippen molar-refractivity contribution in [2.24, 2.45) is 0 Å². The molecule has 3 aromatic rings. The van der Waals surface area contributed by atoms with Crippen molar-refractivity contribution < 1.29 is 18.8 Å². The third-order valence-electron chi connectivity index (χ3n) is 6.07. The fraction of sp³-hybridized carbons (Fsp3) is 0.400. The predicted molar refractivity (Wildman–Crippen MR) is 118 cm³/mol. The Balaban J connectivity index is 1.12. The van der Waals surface area contributed by atoms with E-state index in [0.29, 0.717) is 31.2 Å². The van der Waals surface area contributed by atoms with Gasteiger partial charge in [-0.05, 0) is 49.6 Å². The summed E-state index contributed by atoms with van der Waals surface area (Å²) in [6.07, 6.45) is 2.29. The number of benzene rings is 2. The van der Waals surface area contributed by atoms with Crippen molar-refractivity contribution in [1.29, 1.82) is 0 Å². The van der Waals surface area contributed by atoms with E-state index in [1.807, 2.05) is 54.3 Å². The number of carbonyl (C=O) groups excluding carboxylic acids is 1. The lowest BCUT2D eigenvalue weighted by atomic mass is 10.0. The molecule has 7 heteroatoms. The van der Waals surface area contributed by atoms with Gasteiger partial charge in [-0.25, -0.2) is 0 Å². The third-order valence-corrected chi connectivity index (χ3v) is 6.07. The average molecular weight is 434 g/mol.